The molecule has 90 valence electrons. The van der Waals surface area contributed by atoms with Gasteiger partial charge in [-0.1, -0.05) is 11.6 Å². The van der Waals surface area contributed by atoms with Gasteiger partial charge in [-0.25, -0.2) is 0 Å². The molecule has 1 amide bonds. The van der Waals surface area contributed by atoms with Crippen molar-refractivity contribution in [3.8, 4) is 0 Å². The predicted octanol–water partition coefficient (Wildman–Crippen LogP) is 0.751. The van der Waals surface area contributed by atoms with Crippen LogP contribution < -0.4 is 10.0 Å². The molecule has 0 saturated carbocycles. The first-order chi connectivity index (χ1) is 7.99. The summed E-state index contributed by atoms with van der Waals surface area (Å²) in [5.74, 6) is -2.09. The molecule has 1 aromatic carbocycles. The number of carboxylic acid groups (broad SMARTS) is 1. The molecule has 0 unspecified atom stereocenters. The summed E-state index contributed by atoms with van der Waals surface area (Å²) in [7, 11) is 0. The van der Waals surface area contributed by atoms with Crippen LogP contribution >= 0.6 is 11.6 Å². The normalized spacial score (nSPS) is 19.8. The summed E-state index contributed by atoms with van der Waals surface area (Å²) < 4.78 is 0. The lowest BCUT2D eigenvalue weighted by Gasteiger charge is -2.19. The average molecular weight is 253 g/mol. The minimum atomic E-state index is -1.17. The lowest BCUT2D eigenvalue weighted by molar-refractivity contribution is -0.310. The summed E-state index contributed by atoms with van der Waals surface area (Å²) >= 11 is 5.83. The number of amides is 1. The fourth-order valence-corrected chi connectivity index (χ4v) is 2.25. The fourth-order valence-electron chi connectivity index (χ4n) is 2.02. The van der Waals surface area contributed by atoms with E-state index in [1.54, 1.807) is 18.2 Å². The van der Waals surface area contributed by atoms with Crippen molar-refractivity contribution in [2.75, 3.05) is 11.4 Å². The maximum Gasteiger partial charge on any atom is 0.227 e. The molecule has 2 rings (SSSR count). The Morgan fingerprint density at radius 3 is 2.76 bits per heavy atom. The molecule has 0 aromatic heterocycles. The number of aliphatic carboxylic acids is 1. The van der Waals surface area contributed by atoms with E-state index in [9.17, 15) is 14.7 Å². The van der Waals surface area contributed by atoms with Crippen molar-refractivity contribution < 1.29 is 14.7 Å². The van der Waals surface area contributed by atoms with E-state index in [1.807, 2.05) is 6.92 Å². The van der Waals surface area contributed by atoms with E-state index in [4.69, 9.17) is 11.6 Å². The molecule has 1 heterocycles. The van der Waals surface area contributed by atoms with Crippen LogP contribution in [0.1, 0.15) is 12.0 Å². The van der Waals surface area contributed by atoms with E-state index >= 15 is 0 Å². The van der Waals surface area contributed by atoms with Gasteiger partial charge < -0.3 is 14.8 Å². The van der Waals surface area contributed by atoms with Gasteiger partial charge in [0.2, 0.25) is 5.91 Å². The lowest BCUT2D eigenvalue weighted by atomic mass is 10.1. The molecule has 5 heteroatoms. The van der Waals surface area contributed by atoms with Crippen LogP contribution in [0.25, 0.3) is 0 Å². The molecule has 1 saturated heterocycles. The topological polar surface area (TPSA) is 60.4 Å². The van der Waals surface area contributed by atoms with Gasteiger partial charge in [-0.05, 0) is 30.7 Å². The number of hydrogen-bond acceptors (Lipinski definition) is 3. The quantitative estimate of drug-likeness (QED) is 0.780. The Bertz CT molecular complexity index is 487. The molecule has 1 atom stereocenters. The molecular formula is C12H11ClNO3-. The van der Waals surface area contributed by atoms with Crippen molar-refractivity contribution in [2.45, 2.75) is 13.3 Å². The molecule has 1 fully saturated rings. The van der Waals surface area contributed by atoms with Crippen LogP contribution in [0, 0.1) is 12.8 Å². The van der Waals surface area contributed by atoms with Crippen LogP contribution in [-0.2, 0) is 9.59 Å². The number of carboxylic acids is 1. The smallest absolute Gasteiger partial charge is 0.227 e. The standard InChI is InChI=1S/C12H12ClNO3/c1-7-4-9(13)2-3-10(7)14-6-8(12(16)17)5-11(14)15/h2-4,8H,5-6H2,1H3,(H,16,17)/p-1/t8-/m1/s1. The van der Waals surface area contributed by atoms with E-state index in [2.05, 4.69) is 0 Å². The third-order valence-corrected chi connectivity index (χ3v) is 3.14. The average Bonchev–Trinajstić information content (AvgIpc) is 2.61. The summed E-state index contributed by atoms with van der Waals surface area (Å²) in [4.78, 5) is 24.0. The molecule has 1 aromatic rings. The fraction of sp³-hybridized carbons (Fsp3) is 0.333. The number of hydrogen-bond donors (Lipinski definition) is 0. The maximum atomic E-state index is 11.7. The van der Waals surface area contributed by atoms with Crippen molar-refractivity contribution in [1.29, 1.82) is 0 Å². The summed E-state index contributed by atoms with van der Waals surface area (Å²) in [6.45, 7) is 2.00. The van der Waals surface area contributed by atoms with Gasteiger partial charge >= 0.3 is 0 Å². The van der Waals surface area contributed by atoms with Crippen molar-refractivity contribution in [2.24, 2.45) is 5.92 Å². The highest BCUT2D eigenvalue weighted by molar-refractivity contribution is 6.30. The molecular weight excluding hydrogens is 242 g/mol. The van der Waals surface area contributed by atoms with Crippen LogP contribution in [0.15, 0.2) is 18.2 Å². The maximum absolute atomic E-state index is 11.7. The van der Waals surface area contributed by atoms with Gasteiger partial charge in [0.1, 0.15) is 0 Å². The molecule has 0 N–H and O–H groups in total. The minimum absolute atomic E-state index is 0.00436. The highest BCUT2D eigenvalue weighted by Gasteiger charge is 2.31. The van der Waals surface area contributed by atoms with Crippen LogP contribution in [0.4, 0.5) is 5.69 Å². The summed E-state index contributed by atoms with van der Waals surface area (Å²) in [6, 6.07) is 5.16. The van der Waals surface area contributed by atoms with Gasteiger partial charge in [-0.3, -0.25) is 4.79 Å². The van der Waals surface area contributed by atoms with Gasteiger partial charge in [-0.2, -0.15) is 0 Å². The van der Waals surface area contributed by atoms with Crippen LogP contribution in [0.5, 0.6) is 0 Å². The van der Waals surface area contributed by atoms with Crippen LogP contribution in [-0.4, -0.2) is 18.4 Å². The zero-order valence-electron chi connectivity index (χ0n) is 9.27. The minimum Gasteiger partial charge on any atom is -0.550 e. The van der Waals surface area contributed by atoms with E-state index in [0.29, 0.717) is 10.7 Å². The largest absolute Gasteiger partial charge is 0.550 e. The third kappa shape index (κ3) is 2.26. The Morgan fingerprint density at radius 1 is 1.53 bits per heavy atom. The van der Waals surface area contributed by atoms with Crippen LogP contribution in [0.2, 0.25) is 5.02 Å². The Balaban J connectivity index is 2.29. The van der Waals surface area contributed by atoms with E-state index in [-0.39, 0.29) is 18.9 Å². The molecule has 1 aliphatic heterocycles. The second-order valence-corrected chi connectivity index (χ2v) is 4.59. The number of nitrogens with zero attached hydrogens (tertiary/aromatic N) is 1. The second-order valence-electron chi connectivity index (χ2n) is 4.16. The number of carbonyl (C=O) groups excluding carboxylic acids is 2. The molecule has 4 nitrogen and oxygen atoms in total. The van der Waals surface area contributed by atoms with Gasteiger partial charge in [0, 0.05) is 35.6 Å². The lowest BCUT2D eigenvalue weighted by Crippen LogP contribution is -2.33. The van der Waals surface area contributed by atoms with Crippen molar-refractivity contribution in [1.82, 2.24) is 0 Å². The van der Waals surface area contributed by atoms with Gasteiger partial charge in [0.25, 0.3) is 0 Å². The van der Waals surface area contributed by atoms with E-state index in [0.717, 1.165) is 5.56 Å². The Kier molecular flexibility index (Phi) is 3.07. The third-order valence-electron chi connectivity index (χ3n) is 2.91. The SMILES string of the molecule is Cc1cc(Cl)ccc1N1C[C@H](C(=O)[O-])CC1=O. The van der Waals surface area contributed by atoms with Gasteiger partial charge in [-0.15, -0.1) is 0 Å². The highest BCUT2D eigenvalue weighted by Crippen LogP contribution is 2.29. The Labute approximate surface area is 104 Å². The molecule has 0 radical (unpaired) electrons. The number of anilines is 1. The molecule has 0 aliphatic carbocycles. The zero-order chi connectivity index (χ0) is 12.6. The van der Waals surface area contributed by atoms with E-state index < -0.39 is 11.9 Å². The number of rotatable bonds is 2. The van der Waals surface area contributed by atoms with E-state index in [1.165, 1.54) is 4.90 Å². The number of aryl methyl sites for hydroxylation is 1. The Morgan fingerprint density at radius 2 is 2.24 bits per heavy atom. The molecule has 17 heavy (non-hydrogen) atoms. The first kappa shape index (κ1) is 11.9. The summed E-state index contributed by atoms with van der Waals surface area (Å²) in [6.07, 6.45) is 0.00436. The second kappa shape index (κ2) is 4.37. The van der Waals surface area contributed by atoms with Crippen molar-refractivity contribution in [3.63, 3.8) is 0 Å². The van der Waals surface area contributed by atoms with Crippen molar-refractivity contribution >= 4 is 29.2 Å². The van der Waals surface area contributed by atoms with Gasteiger partial charge in [0.05, 0.1) is 0 Å². The van der Waals surface area contributed by atoms with Crippen molar-refractivity contribution in [3.05, 3.63) is 28.8 Å². The summed E-state index contributed by atoms with van der Waals surface area (Å²) in [5.41, 5.74) is 1.56. The highest BCUT2D eigenvalue weighted by atomic mass is 35.5. The molecule has 0 bridgehead atoms. The number of benzene rings is 1. The monoisotopic (exact) mass is 252 g/mol. The molecule has 1 aliphatic rings. The molecule has 0 spiro atoms. The predicted molar refractivity (Wildman–Crippen MR) is 61.7 cm³/mol. The van der Waals surface area contributed by atoms with Gasteiger partial charge in [0.15, 0.2) is 0 Å². The Hall–Kier alpha value is -1.55. The van der Waals surface area contributed by atoms with Crippen LogP contribution in [0.3, 0.4) is 0 Å². The number of carbonyl (C=O) groups is 2. The first-order valence-corrected chi connectivity index (χ1v) is 5.64. The number of halogens is 1. The first-order valence-electron chi connectivity index (χ1n) is 5.26. The zero-order valence-corrected chi connectivity index (χ0v) is 10.0. The summed E-state index contributed by atoms with van der Waals surface area (Å²) in [5, 5.41) is 11.3.